The molecule has 0 aromatic carbocycles. The number of esters is 1. The standard InChI is InChI=1S/C11H14Cl4O3/c1-10-5(2-3-6(12)8(10)16)4-7(11(13,14)15)18-9(10)17/h5-8,16H,2-4H2,1H3. The van der Waals surface area contributed by atoms with Crippen molar-refractivity contribution in [1.82, 2.24) is 0 Å². The summed E-state index contributed by atoms with van der Waals surface area (Å²) in [6.07, 6.45) is 0.0879. The molecular weight excluding hydrogens is 322 g/mol. The van der Waals surface area contributed by atoms with Gasteiger partial charge in [-0.1, -0.05) is 34.8 Å². The number of fused-ring (bicyclic) bond motifs is 1. The van der Waals surface area contributed by atoms with E-state index in [1.54, 1.807) is 6.92 Å². The normalized spacial score (nSPS) is 45.3. The lowest BCUT2D eigenvalue weighted by molar-refractivity contribution is -0.191. The molecule has 0 spiro atoms. The molecule has 7 heteroatoms. The fourth-order valence-corrected chi connectivity index (χ4v) is 3.64. The Morgan fingerprint density at radius 2 is 2.00 bits per heavy atom. The highest BCUT2D eigenvalue weighted by Crippen LogP contribution is 2.52. The fraction of sp³-hybridized carbons (Fsp3) is 0.909. The number of rotatable bonds is 0. The molecule has 1 saturated carbocycles. The van der Waals surface area contributed by atoms with Crippen LogP contribution in [-0.2, 0) is 9.53 Å². The van der Waals surface area contributed by atoms with Crippen LogP contribution in [0.2, 0.25) is 0 Å². The van der Waals surface area contributed by atoms with Crippen molar-refractivity contribution in [3.8, 4) is 0 Å². The third-order valence-corrected chi connectivity index (χ3v) is 5.34. The third kappa shape index (κ3) is 2.33. The zero-order valence-electron chi connectivity index (χ0n) is 9.71. The van der Waals surface area contributed by atoms with Gasteiger partial charge in [0.25, 0.3) is 0 Å². The summed E-state index contributed by atoms with van der Waals surface area (Å²) in [6, 6.07) is 0. The molecule has 2 rings (SSSR count). The summed E-state index contributed by atoms with van der Waals surface area (Å²) < 4.78 is 3.55. The SMILES string of the molecule is CC12C(=O)OC(C(Cl)(Cl)Cl)CC1CCC(Cl)C2O. The Balaban J connectivity index is 2.26. The number of carbonyl (C=O) groups excluding carboxylic acids is 1. The molecule has 0 amide bonds. The molecule has 3 nitrogen and oxygen atoms in total. The summed E-state index contributed by atoms with van der Waals surface area (Å²) in [4.78, 5) is 12.1. The first kappa shape index (κ1) is 15.0. The van der Waals surface area contributed by atoms with Gasteiger partial charge in [0.2, 0.25) is 3.79 Å². The van der Waals surface area contributed by atoms with Crippen molar-refractivity contribution >= 4 is 52.4 Å². The summed E-state index contributed by atoms with van der Waals surface area (Å²) in [5.41, 5.74) is -1.00. The predicted octanol–water partition coefficient (Wildman–Crippen LogP) is 3.06. The molecule has 5 unspecified atom stereocenters. The van der Waals surface area contributed by atoms with Crippen molar-refractivity contribution in [1.29, 1.82) is 0 Å². The minimum Gasteiger partial charge on any atom is -0.457 e. The number of ether oxygens (including phenoxy) is 1. The van der Waals surface area contributed by atoms with Gasteiger partial charge in [0.1, 0.15) is 6.10 Å². The average Bonchev–Trinajstić information content (AvgIpc) is 2.26. The van der Waals surface area contributed by atoms with Gasteiger partial charge in [0.15, 0.2) is 0 Å². The van der Waals surface area contributed by atoms with Crippen LogP contribution in [0.25, 0.3) is 0 Å². The summed E-state index contributed by atoms with van der Waals surface area (Å²) in [5, 5.41) is 9.72. The van der Waals surface area contributed by atoms with Crippen LogP contribution in [0.4, 0.5) is 0 Å². The van der Waals surface area contributed by atoms with Crippen LogP contribution in [0, 0.1) is 11.3 Å². The van der Waals surface area contributed by atoms with E-state index in [2.05, 4.69) is 0 Å². The number of carbonyl (C=O) groups is 1. The molecule has 1 aliphatic heterocycles. The van der Waals surface area contributed by atoms with Crippen molar-refractivity contribution in [2.24, 2.45) is 11.3 Å². The van der Waals surface area contributed by atoms with Crippen molar-refractivity contribution < 1.29 is 14.6 Å². The van der Waals surface area contributed by atoms with E-state index in [-0.39, 0.29) is 5.92 Å². The van der Waals surface area contributed by atoms with Gasteiger partial charge in [-0.15, -0.1) is 11.6 Å². The molecule has 0 radical (unpaired) electrons. The molecule has 1 heterocycles. The summed E-state index contributed by atoms with van der Waals surface area (Å²) >= 11 is 23.4. The van der Waals surface area contributed by atoms with E-state index in [1.807, 2.05) is 0 Å². The number of hydrogen-bond donors (Lipinski definition) is 1. The van der Waals surface area contributed by atoms with Crippen LogP contribution < -0.4 is 0 Å². The number of alkyl halides is 4. The summed E-state index contributed by atoms with van der Waals surface area (Å²) in [7, 11) is 0. The maximum Gasteiger partial charge on any atom is 0.315 e. The lowest BCUT2D eigenvalue weighted by atomic mass is 9.62. The fourth-order valence-electron chi connectivity index (χ4n) is 2.85. The van der Waals surface area contributed by atoms with Crippen LogP contribution in [0.1, 0.15) is 26.2 Å². The zero-order valence-corrected chi connectivity index (χ0v) is 12.7. The molecule has 1 aliphatic carbocycles. The largest absolute Gasteiger partial charge is 0.457 e. The highest BCUT2D eigenvalue weighted by molar-refractivity contribution is 6.68. The van der Waals surface area contributed by atoms with Crippen LogP contribution in [0.15, 0.2) is 0 Å². The molecule has 5 atom stereocenters. The monoisotopic (exact) mass is 334 g/mol. The first-order valence-corrected chi connectivity index (χ1v) is 7.34. The van der Waals surface area contributed by atoms with E-state index < -0.39 is 32.8 Å². The number of aliphatic hydroxyl groups excluding tert-OH is 1. The third-order valence-electron chi connectivity index (χ3n) is 4.15. The Morgan fingerprint density at radius 1 is 1.39 bits per heavy atom. The van der Waals surface area contributed by atoms with Crippen molar-refractivity contribution in [3.05, 3.63) is 0 Å². The van der Waals surface area contributed by atoms with E-state index in [9.17, 15) is 9.90 Å². The predicted molar refractivity (Wildman–Crippen MR) is 71.3 cm³/mol. The average molecular weight is 336 g/mol. The Morgan fingerprint density at radius 3 is 2.56 bits per heavy atom. The van der Waals surface area contributed by atoms with Gasteiger partial charge in [0, 0.05) is 0 Å². The smallest absolute Gasteiger partial charge is 0.315 e. The first-order valence-electron chi connectivity index (χ1n) is 5.77. The van der Waals surface area contributed by atoms with Crippen LogP contribution in [0.5, 0.6) is 0 Å². The minimum absolute atomic E-state index is 0.0793. The Kier molecular flexibility index (Phi) is 4.04. The molecule has 0 aromatic rings. The molecule has 2 aliphatic rings. The molecule has 18 heavy (non-hydrogen) atoms. The Bertz CT molecular complexity index is 357. The maximum atomic E-state index is 12.1. The van der Waals surface area contributed by atoms with E-state index >= 15 is 0 Å². The molecule has 104 valence electrons. The van der Waals surface area contributed by atoms with Gasteiger partial charge in [-0.3, -0.25) is 4.79 Å². The first-order chi connectivity index (χ1) is 8.17. The lowest BCUT2D eigenvalue weighted by Gasteiger charge is -2.50. The van der Waals surface area contributed by atoms with Gasteiger partial charge < -0.3 is 9.84 Å². The molecule has 1 saturated heterocycles. The van der Waals surface area contributed by atoms with Gasteiger partial charge in [-0.05, 0) is 32.1 Å². The molecule has 0 aromatic heterocycles. The van der Waals surface area contributed by atoms with E-state index in [0.29, 0.717) is 19.3 Å². The number of halogens is 4. The number of hydrogen-bond acceptors (Lipinski definition) is 3. The van der Waals surface area contributed by atoms with Crippen LogP contribution in [-0.4, -0.2) is 32.5 Å². The zero-order chi connectivity index (χ0) is 13.7. The van der Waals surface area contributed by atoms with E-state index in [1.165, 1.54) is 0 Å². The molecule has 2 fully saturated rings. The summed E-state index contributed by atoms with van der Waals surface area (Å²) in [6.45, 7) is 1.67. The van der Waals surface area contributed by atoms with Gasteiger partial charge >= 0.3 is 5.97 Å². The van der Waals surface area contributed by atoms with Gasteiger partial charge in [0.05, 0.1) is 16.9 Å². The molecular formula is C11H14Cl4O3. The maximum absolute atomic E-state index is 12.1. The second kappa shape index (κ2) is 4.85. The Hall–Kier alpha value is 0.590. The second-order valence-electron chi connectivity index (χ2n) is 5.19. The second-order valence-corrected chi connectivity index (χ2v) is 8.12. The number of aliphatic hydroxyl groups is 1. The van der Waals surface area contributed by atoms with E-state index in [4.69, 9.17) is 51.1 Å². The lowest BCUT2D eigenvalue weighted by Crippen LogP contribution is -2.59. The molecule has 1 N–H and O–H groups in total. The highest BCUT2D eigenvalue weighted by Gasteiger charge is 2.59. The van der Waals surface area contributed by atoms with Crippen LogP contribution >= 0.6 is 46.4 Å². The topological polar surface area (TPSA) is 46.5 Å². The summed E-state index contributed by atoms with van der Waals surface area (Å²) in [5.74, 6) is -0.614. The van der Waals surface area contributed by atoms with Crippen LogP contribution in [0.3, 0.4) is 0 Å². The Labute approximate surface area is 126 Å². The van der Waals surface area contributed by atoms with E-state index in [0.717, 1.165) is 0 Å². The number of cyclic esters (lactones) is 1. The van der Waals surface area contributed by atoms with Gasteiger partial charge in [-0.25, -0.2) is 0 Å². The molecule has 0 bridgehead atoms. The highest BCUT2D eigenvalue weighted by atomic mass is 35.6. The van der Waals surface area contributed by atoms with Gasteiger partial charge in [-0.2, -0.15) is 0 Å². The van der Waals surface area contributed by atoms with Crippen molar-refractivity contribution in [2.75, 3.05) is 0 Å². The van der Waals surface area contributed by atoms with Crippen molar-refractivity contribution in [3.63, 3.8) is 0 Å². The minimum atomic E-state index is -1.64. The van der Waals surface area contributed by atoms with Crippen molar-refractivity contribution in [2.45, 2.75) is 47.6 Å². The quantitative estimate of drug-likeness (QED) is 0.546.